The number of rotatable bonds is 8. The van der Waals surface area contributed by atoms with Gasteiger partial charge in [-0.05, 0) is 92.1 Å². The summed E-state index contributed by atoms with van der Waals surface area (Å²) in [6.07, 6.45) is 6.03. The number of halogens is 1. The molecule has 1 unspecified atom stereocenters. The third-order valence-electron chi connectivity index (χ3n) is 6.99. The van der Waals surface area contributed by atoms with E-state index >= 15 is 0 Å². The van der Waals surface area contributed by atoms with Crippen LogP contribution < -0.4 is 9.47 Å². The van der Waals surface area contributed by atoms with Crippen molar-refractivity contribution in [3.63, 3.8) is 0 Å². The Morgan fingerprint density at radius 1 is 1.03 bits per heavy atom. The average Bonchev–Trinajstić information content (AvgIpc) is 2.97. The van der Waals surface area contributed by atoms with E-state index in [0.717, 1.165) is 54.8 Å². The predicted molar refractivity (Wildman–Crippen MR) is 135 cm³/mol. The standard InChI is InChI=1S/C27H35BrN2O3/c1-32-25-15-22-11-14-30(27(31)17-23(22)16-26(25)33-2)19-21-6-4-13-29(18-21)12-3-5-20-7-9-24(28)10-8-20/h7-10,15-16,21H,3-6,11-14,17-19H2,1-2H3. The molecular weight excluding hydrogens is 480 g/mol. The maximum absolute atomic E-state index is 13.1. The molecule has 4 rings (SSSR count). The van der Waals surface area contributed by atoms with Gasteiger partial charge in [0.2, 0.25) is 5.91 Å². The molecule has 1 amide bonds. The van der Waals surface area contributed by atoms with E-state index in [1.165, 1.54) is 36.9 Å². The van der Waals surface area contributed by atoms with E-state index in [-0.39, 0.29) is 5.91 Å². The Bertz CT molecular complexity index is 947. The average molecular weight is 515 g/mol. The summed E-state index contributed by atoms with van der Waals surface area (Å²) in [4.78, 5) is 17.8. The molecule has 5 nitrogen and oxygen atoms in total. The Hall–Kier alpha value is -2.05. The highest BCUT2D eigenvalue weighted by atomic mass is 79.9. The van der Waals surface area contributed by atoms with Crippen LogP contribution in [0.5, 0.6) is 11.5 Å². The number of benzene rings is 2. The number of nitrogens with zero attached hydrogens (tertiary/aromatic N) is 2. The van der Waals surface area contributed by atoms with E-state index in [0.29, 0.717) is 18.1 Å². The second-order valence-corrected chi connectivity index (χ2v) is 10.2. The number of carbonyl (C=O) groups is 1. The van der Waals surface area contributed by atoms with Crippen molar-refractivity contribution >= 4 is 21.8 Å². The molecule has 0 saturated carbocycles. The van der Waals surface area contributed by atoms with Gasteiger partial charge in [0, 0.05) is 24.1 Å². The molecule has 1 fully saturated rings. The normalized spacial score (nSPS) is 19.2. The summed E-state index contributed by atoms with van der Waals surface area (Å²) in [6.45, 7) is 5.05. The molecule has 1 atom stereocenters. The van der Waals surface area contributed by atoms with Crippen LogP contribution in [0.15, 0.2) is 40.9 Å². The highest BCUT2D eigenvalue weighted by molar-refractivity contribution is 9.10. The van der Waals surface area contributed by atoms with E-state index in [1.54, 1.807) is 14.2 Å². The quantitative estimate of drug-likeness (QED) is 0.510. The Labute approximate surface area is 206 Å². The molecule has 6 heteroatoms. The first-order valence-electron chi connectivity index (χ1n) is 12.0. The maximum atomic E-state index is 13.1. The topological polar surface area (TPSA) is 42.0 Å². The van der Waals surface area contributed by atoms with Crippen molar-refractivity contribution in [2.45, 2.75) is 38.5 Å². The van der Waals surface area contributed by atoms with Crippen LogP contribution in [-0.4, -0.2) is 62.7 Å². The van der Waals surface area contributed by atoms with Gasteiger partial charge < -0.3 is 19.3 Å². The molecule has 0 radical (unpaired) electrons. The third-order valence-corrected chi connectivity index (χ3v) is 7.51. The van der Waals surface area contributed by atoms with Crippen LogP contribution in [0.3, 0.4) is 0 Å². The van der Waals surface area contributed by atoms with Crippen molar-refractivity contribution in [1.29, 1.82) is 0 Å². The van der Waals surface area contributed by atoms with Crippen LogP contribution in [0.4, 0.5) is 0 Å². The number of aryl methyl sites for hydroxylation is 1. The molecular formula is C27H35BrN2O3. The number of carbonyl (C=O) groups excluding carboxylic acids is 1. The lowest BCUT2D eigenvalue weighted by molar-refractivity contribution is -0.131. The fourth-order valence-electron chi connectivity index (χ4n) is 5.18. The van der Waals surface area contributed by atoms with Crippen molar-refractivity contribution in [1.82, 2.24) is 9.80 Å². The lowest BCUT2D eigenvalue weighted by Crippen LogP contribution is -2.43. The largest absolute Gasteiger partial charge is 0.493 e. The van der Waals surface area contributed by atoms with Crippen LogP contribution >= 0.6 is 15.9 Å². The number of hydrogen-bond acceptors (Lipinski definition) is 4. The zero-order valence-corrected chi connectivity index (χ0v) is 21.4. The number of ether oxygens (including phenoxy) is 2. The van der Waals surface area contributed by atoms with Gasteiger partial charge in [-0.2, -0.15) is 0 Å². The smallest absolute Gasteiger partial charge is 0.227 e. The molecule has 2 aliphatic rings. The van der Waals surface area contributed by atoms with Crippen molar-refractivity contribution < 1.29 is 14.3 Å². The Balaban J connectivity index is 1.30. The summed E-state index contributed by atoms with van der Waals surface area (Å²) in [7, 11) is 3.30. The van der Waals surface area contributed by atoms with Crippen LogP contribution in [0.25, 0.3) is 0 Å². The summed E-state index contributed by atoms with van der Waals surface area (Å²) in [5.74, 6) is 2.22. The number of amides is 1. The fourth-order valence-corrected chi connectivity index (χ4v) is 5.45. The zero-order valence-electron chi connectivity index (χ0n) is 19.8. The maximum Gasteiger partial charge on any atom is 0.227 e. The first-order valence-corrected chi connectivity index (χ1v) is 12.8. The summed E-state index contributed by atoms with van der Waals surface area (Å²) in [5.41, 5.74) is 3.66. The lowest BCUT2D eigenvalue weighted by Gasteiger charge is -2.35. The van der Waals surface area contributed by atoms with Gasteiger partial charge in [-0.3, -0.25) is 4.79 Å². The van der Waals surface area contributed by atoms with Gasteiger partial charge in [-0.15, -0.1) is 0 Å². The van der Waals surface area contributed by atoms with E-state index < -0.39 is 0 Å². The molecule has 0 bridgehead atoms. The second kappa shape index (κ2) is 11.4. The summed E-state index contributed by atoms with van der Waals surface area (Å²) < 4.78 is 12.0. The summed E-state index contributed by atoms with van der Waals surface area (Å²) in [5, 5.41) is 0. The fraction of sp³-hybridized carbons (Fsp3) is 0.519. The zero-order chi connectivity index (χ0) is 23.2. The number of piperidine rings is 1. The minimum atomic E-state index is 0.230. The monoisotopic (exact) mass is 514 g/mol. The van der Waals surface area contributed by atoms with Crippen LogP contribution in [-0.2, 0) is 24.1 Å². The highest BCUT2D eigenvalue weighted by Crippen LogP contribution is 2.32. The molecule has 33 heavy (non-hydrogen) atoms. The summed E-state index contributed by atoms with van der Waals surface area (Å²) >= 11 is 3.51. The number of methoxy groups -OCH3 is 2. The van der Waals surface area contributed by atoms with Gasteiger partial charge in [0.15, 0.2) is 11.5 Å². The molecule has 0 N–H and O–H groups in total. The van der Waals surface area contributed by atoms with Gasteiger partial charge in [0.25, 0.3) is 0 Å². The van der Waals surface area contributed by atoms with E-state index in [4.69, 9.17) is 9.47 Å². The van der Waals surface area contributed by atoms with Crippen molar-refractivity contribution in [2.24, 2.45) is 5.92 Å². The van der Waals surface area contributed by atoms with Gasteiger partial charge in [-0.1, -0.05) is 28.1 Å². The Kier molecular flexibility index (Phi) is 8.31. The Morgan fingerprint density at radius 2 is 1.76 bits per heavy atom. The van der Waals surface area contributed by atoms with Gasteiger partial charge in [0.05, 0.1) is 20.6 Å². The second-order valence-electron chi connectivity index (χ2n) is 9.28. The minimum absolute atomic E-state index is 0.230. The van der Waals surface area contributed by atoms with E-state index in [1.807, 2.05) is 12.1 Å². The van der Waals surface area contributed by atoms with E-state index in [9.17, 15) is 4.79 Å². The van der Waals surface area contributed by atoms with Gasteiger partial charge in [-0.25, -0.2) is 0 Å². The van der Waals surface area contributed by atoms with Crippen LogP contribution in [0, 0.1) is 5.92 Å². The molecule has 2 aromatic carbocycles. The van der Waals surface area contributed by atoms with Crippen LogP contribution in [0.1, 0.15) is 36.0 Å². The van der Waals surface area contributed by atoms with Crippen molar-refractivity contribution in [3.05, 3.63) is 57.6 Å². The molecule has 2 heterocycles. The van der Waals surface area contributed by atoms with Crippen molar-refractivity contribution in [3.8, 4) is 11.5 Å². The highest BCUT2D eigenvalue weighted by Gasteiger charge is 2.27. The molecule has 2 aliphatic heterocycles. The first kappa shape index (κ1) is 24.1. The number of likely N-dealkylation sites (tertiary alicyclic amines) is 1. The van der Waals surface area contributed by atoms with E-state index in [2.05, 4.69) is 50.0 Å². The lowest BCUT2D eigenvalue weighted by atomic mass is 9.96. The Morgan fingerprint density at radius 3 is 2.48 bits per heavy atom. The predicted octanol–water partition coefficient (Wildman–Crippen LogP) is 4.74. The molecule has 0 spiro atoms. The number of fused-ring (bicyclic) bond motifs is 1. The van der Waals surface area contributed by atoms with Crippen LogP contribution in [0.2, 0.25) is 0 Å². The third kappa shape index (κ3) is 6.30. The molecule has 2 aromatic rings. The molecule has 0 aliphatic carbocycles. The van der Waals surface area contributed by atoms with Gasteiger partial charge >= 0.3 is 0 Å². The molecule has 1 saturated heterocycles. The number of hydrogen-bond donors (Lipinski definition) is 0. The summed E-state index contributed by atoms with van der Waals surface area (Å²) in [6, 6.07) is 12.7. The van der Waals surface area contributed by atoms with Gasteiger partial charge in [0.1, 0.15) is 0 Å². The van der Waals surface area contributed by atoms with Crippen molar-refractivity contribution in [2.75, 3.05) is 46.9 Å². The molecule has 178 valence electrons. The minimum Gasteiger partial charge on any atom is -0.493 e. The first-order chi connectivity index (χ1) is 16.1. The SMILES string of the molecule is COc1cc2c(cc1OC)CC(=O)N(CC1CCCN(CCCc3ccc(Br)cc3)C1)CC2. The molecule has 0 aromatic heterocycles.